The van der Waals surface area contributed by atoms with Crippen molar-refractivity contribution in [2.75, 3.05) is 45.8 Å². The molecule has 5 heteroatoms. The number of nitrogens with one attached hydrogen (secondary N) is 1. The van der Waals surface area contributed by atoms with E-state index in [0.29, 0.717) is 0 Å². The molecule has 0 aliphatic carbocycles. The van der Waals surface area contributed by atoms with E-state index in [-0.39, 0.29) is 5.97 Å². The fourth-order valence-electron chi connectivity index (χ4n) is 2.70. The molecule has 2 aliphatic rings. The Bertz CT molecular complexity index is 314. The molecule has 2 fully saturated rings. The number of hydrogen-bond donors (Lipinski definition) is 1. The Morgan fingerprint density at radius 3 is 2.30 bits per heavy atom. The van der Waals surface area contributed by atoms with Crippen LogP contribution in [-0.2, 0) is 9.63 Å². The summed E-state index contributed by atoms with van der Waals surface area (Å²) >= 11 is 0. The summed E-state index contributed by atoms with van der Waals surface area (Å²) in [5, 5.41) is 5.24. The van der Waals surface area contributed by atoms with Crippen molar-refractivity contribution in [2.24, 2.45) is 11.3 Å². The quantitative estimate of drug-likeness (QED) is 0.840. The van der Waals surface area contributed by atoms with Gasteiger partial charge in [-0.2, -0.15) is 0 Å². The summed E-state index contributed by atoms with van der Waals surface area (Å²) in [6.07, 6.45) is 2.25. The van der Waals surface area contributed by atoms with Crippen LogP contribution < -0.4 is 5.32 Å². The van der Waals surface area contributed by atoms with E-state index >= 15 is 0 Å². The highest BCUT2D eigenvalue weighted by Gasteiger charge is 2.29. The fourth-order valence-corrected chi connectivity index (χ4v) is 2.70. The van der Waals surface area contributed by atoms with Crippen molar-refractivity contribution in [3.63, 3.8) is 0 Å². The van der Waals surface area contributed by atoms with Crippen molar-refractivity contribution >= 4 is 5.97 Å². The Hall–Kier alpha value is -0.650. The van der Waals surface area contributed by atoms with Crippen molar-refractivity contribution < 1.29 is 9.63 Å². The lowest BCUT2D eigenvalue weighted by molar-refractivity contribution is -0.206. The van der Waals surface area contributed by atoms with Crippen LogP contribution >= 0.6 is 0 Å². The third kappa shape index (κ3) is 4.72. The zero-order valence-corrected chi connectivity index (χ0v) is 13.2. The van der Waals surface area contributed by atoms with E-state index in [1.807, 2.05) is 25.8 Å². The number of carbonyl (C=O) groups excluding carboxylic acids is 1. The molecule has 0 spiro atoms. The summed E-state index contributed by atoms with van der Waals surface area (Å²) < 4.78 is 0. The van der Waals surface area contributed by atoms with Crippen molar-refractivity contribution in [3.8, 4) is 0 Å². The van der Waals surface area contributed by atoms with Gasteiger partial charge in [0.2, 0.25) is 0 Å². The van der Waals surface area contributed by atoms with E-state index in [2.05, 4.69) is 10.2 Å². The van der Waals surface area contributed by atoms with Gasteiger partial charge in [0.25, 0.3) is 0 Å². The molecule has 2 saturated heterocycles. The molecule has 2 rings (SSSR count). The van der Waals surface area contributed by atoms with Gasteiger partial charge in [-0.05, 0) is 39.5 Å². The maximum Gasteiger partial charge on any atom is 0.330 e. The maximum atomic E-state index is 11.9. The Morgan fingerprint density at radius 1 is 1.15 bits per heavy atom. The molecule has 5 nitrogen and oxygen atoms in total. The van der Waals surface area contributed by atoms with Gasteiger partial charge >= 0.3 is 5.97 Å². The highest BCUT2D eigenvalue weighted by molar-refractivity contribution is 5.75. The molecule has 0 unspecified atom stereocenters. The topological polar surface area (TPSA) is 44.8 Å². The maximum absolute atomic E-state index is 11.9. The van der Waals surface area contributed by atoms with Crippen LogP contribution in [0, 0.1) is 11.3 Å². The zero-order chi connectivity index (χ0) is 14.6. The second-order valence-electron chi connectivity index (χ2n) is 7.05. The number of piperazine rings is 1. The highest BCUT2D eigenvalue weighted by Crippen LogP contribution is 2.22. The fraction of sp³-hybridized carbons (Fsp3) is 0.933. The van der Waals surface area contributed by atoms with Gasteiger partial charge in [-0.3, -0.25) is 0 Å². The molecule has 2 aliphatic heterocycles. The average Bonchev–Trinajstić information content (AvgIpc) is 2.41. The molecule has 0 saturated carbocycles. The van der Waals surface area contributed by atoms with Crippen LogP contribution in [-0.4, -0.2) is 61.7 Å². The van der Waals surface area contributed by atoms with Gasteiger partial charge in [-0.25, -0.2) is 4.79 Å². The number of nitrogens with zero attached hydrogens (tertiary/aromatic N) is 2. The molecule has 2 heterocycles. The summed E-state index contributed by atoms with van der Waals surface area (Å²) in [7, 11) is 0. The van der Waals surface area contributed by atoms with Gasteiger partial charge in [-0.1, -0.05) is 0 Å². The minimum absolute atomic E-state index is 0.127. The smallest absolute Gasteiger partial charge is 0.330 e. The third-order valence-electron chi connectivity index (χ3n) is 4.12. The average molecular weight is 283 g/mol. The summed E-state index contributed by atoms with van der Waals surface area (Å²) in [5.41, 5.74) is -0.419. The monoisotopic (exact) mass is 283 g/mol. The molecule has 1 N–H and O–H groups in total. The predicted molar refractivity (Wildman–Crippen MR) is 79.2 cm³/mol. The van der Waals surface area contributed by atoms with E-state index in [9.17, 15) is 4.79 Å². The molecule has 20 heavy (non-hydrogen) atoms. The first-order valence-electron chi connectivity index (χ1n) is 7.85. The molecule has 0 aromatic rings. The molecule has 0 atom stereocenters. The molecule has 0 amide bonds. The number of carbonyl (C=O) groups is 1. The van der Waals surface area contributed by atoms with Gasteiger partial charge in [-0.15, -0.1) is 5.06 Å². The second kappa shape index (κ2) is 6.87. The molecule has 0 bridgehead atoms. The van der Waals surface area contributed by atoms with Crippen LogP contribution in [0.4, 0.5) is 0 Å². The lowest BCUT2D eigenvalue weighted by Crippen LogP contribution is -2.47. The first kappa shape index (κ1) is 15.7. The van der Waals surface area contributed by atoms with Gasteiger partial charge < -0.3 is 15.1 Å². The molecule has 0 aromatic carbocycles. The highest BCUT2D eigenvalue weighted by atomic mass is 16.7. The van der Waals surface area contributed by atoms with Gasteiger partial charge in [0.05, 0.1) is 5.41 Å². The minimum atomic E-state index is -0.419. The van der Waals surface area contributed by atoms with E-state index in [1.54, 1.807) is 0 Å². The summed E-state index contributed by atoms with van der Waals surface area (Å²) in [6, 6.07) is 0. The molecule has 0 aromatic heterocycles. The van der Waals surface area contributed by atoms with E-state index in [1.165, 1.54) is 19.6 Å². The molecular weight excluding hydrogens is 254 g/mol. The van der Waals surface area contributed by atoms with Crippen LogP contribution in [0.25, 0.3) is 0 Å². The van der Waals surface area contributed by atoms with Crippen LogP contribution in [0.15, 0.2) is 0 Å². The third-order valence-corrected chi connectivity index (χ3v) is 4.12. The number of rotatable bonds is 3. The Morgan fingerprint density at radius 2 is 1.75 bits per heavy atom. The summed E-state index contributed by atoms with van der Waals surface area (Å²) in [5.74, 6) is 0.621. The summed E-state index contributed by atoms with van der Waals surface area (Å²) in [4.78, 5) is 19.9. The van der Waals surface area contributed by atoms with Gasteiger partial charge in [0.1, 0.15) is 0 Å². The number of piperidine rings is 1. The number of hydroxylamine groups is 2. The summed E-state index contributed by atoms with van der Waals surface area (Å²) in [6.45, 7) is 13.2. The van der Waals surface area contributed by atoms with Gasteiger partial charge in [0, 0.05) is 45.8 Å². The molecular formula is C15H29N3O2. The predicted octanol–water partition coefficient (Wildman–Crippen LogP) is 1.11. The van der Waals surface area contributed by atoms with Crippen LogP contribution in [0.3, 0.4) is 0 Å². The SMILES string of the molecule is CC(C)(C)C(=O)ON1CCC(CN2CCNCC2)CC1. The van der Waals surface area contributed by atoms with Gasteiger partial charge in [0.15, 0.2) is 0 Å². The molecule has 0 radical (unpaired) electrons. The Kier molecular flexibility index (Phi) is 5.41. The van der Waals surface area contributed by atoms with Crippen molar-refractivity contribution in [2.45, 2.75) is 33.6 Å². The van der Waals surface area contributed by atoms with E-state index in [0.717, 1.165) is 44.9 Å². The minimum Gasteiger partial charge on any atom is -0.367 e. The number of hydrogen-bond acceptors (Lipinski definition) is 5. The Labute approximate surface area is 122 Å². The largest absolute Gasteiger partial charge is 0.367 e. The second-order valence-corrected chi connectivity index (χ2v) is 7.05. The van der Waals surface area contributed by atoms with Crippen molar-refractivity contribution in [3.05, 3.63) is 0 Å². The normalized spacial score (nSPS) is 23.8. The van der Waals surface area contributed by atoms with E-state index in [4.69, 9.17) is 4.84 Å². The first-order valence-corrected chi connectivity index (χ1v) is 7.85. The van der Waals surface area contributed by atoms with Crippen molar-refractivity contribution in [1.29, 1.82) is 0 Å². The van der Waals surface area contributed by atoms with E-state index < -0.39 is 5.41 Å². The molecule has 116 valence electrons. The van der Waals surface area contributed by atoms with Crippen molar-refractivity contribution in [1.82, 2.24) is 15.3 Å². The first-order chi connectivity index (χ1) is 9.45. The standard InChI is InChI=1S/C15H29N3O2/c1-15(2,3)14(19)20-18-8-4-13(5-9-18)12-17-10-6-16-7-11-17/h13,16H,4-12H2,1-3H3. The lowest BCUT2D eigenvalue weighted by atomic mass is 9.96. The van der Waals surface area contributed by atoms with Crippen LogP contribution in [0.2, 0.25) is 0 Å². The lowest BCUT2D eigenvalue weighted by Gasteiger charge is -2.36. The van der Waals surface area contributed by atoms with Crippen LogP contribution in [0.1, 0.15) is 33.6 Å². The Balaban J connectivity index is 1.68. The van der Waals surface area contributed by atoms with Crippen LogP contribution in [0.5, 0.6) is 0 Å². The zero-order valence-electron chi connectivity index (χ0n) is 13.2.